The quantitative estimate of drug-likeness (QED) is 0.796. The largest absolute Gasteiger partial charge is 0.415 e. The van der Waals surface area contributed by atoms with Crippen molar-refractivity contribution in [3.8, 4) is 5.75 Å². The Hall–Kier alpha value is -1.55. The Balaban J connectivity index is 1.90. The van der Waals surface area contributed by atoms with Crippen molar-refractivity contribution in [1.29, 1.82) is 0 Å². The molecule has 1 unspecified atom stereocenters. The van der Waals surface area contributed by atoms with Crippen LogP contribution in [0, 0.1) is 0 Å². The summed E-state index contributed by atoms with van der Waals surface area (Å²) in [6, 6.07) is 8.65. The third-order valence-corrected chi connectivity index (χ3v) is 4.81. The number of rotatable bonds is 6. The van der Waals surface area contributed by atoms with Crippen LogP contribution in [0.2, 0.25) is 0 Å². The maximum atomic E-state index is 12.0. The van der Waals surface area contributed by atoms with E-state index in [-0.39, 0.29) is 6.09 Å². The number of nitrogens with zero attached hydrogens (tertiary/aromatic N) is 2. The zero-order valence-corrected chi connectivity index (χ0v) is 14.8. The van der Waals surface area contributed by atoms with Crippen molar-refractivity contribution in [2.75, 3.05) is 26.7 Å². The Kier molecular flexibility index (Phi) is 6.90. The van der Waals surface area contributed by atoms with Gasteiger partial charge in [0.2, 0.25) is 0 Å². The molecule has 23 heavy (non-hydrogen) atoms. The van der Waals surface area contributed by atoms with Gasteiger partial charge in [-0.2, -0.15) is 0 Å². The number of hydrogen-bond donors (Lipinski definition) is 0. The summed E-state index contributed by atoms with van der Waals surface area (Å²) < 4.78 is 5.49. The zero-order valence-electron chi connectivity index (χ0n) is 14.8. The normalized spacial score (nSPS) is 18.7. The van der Waals surface area contributed by atoms with Crippen LogP contribution in [0.1, 0.15) is 45.1 Å². The number of carbonyl (C=O) groups excluding carboxylic acids is 1. The molecular formula is C19H30N2O2. The Morgan fingerprint density at radius 2 is 2.09 bits per heavy atom. The van der Waals surface area contributed by atoms with Gasteiger partial charge in [0, 0.05) is 19.1 Å². The third-order valence-electron chi connectivity index (χ3n) is 4.81. The highest BCUT2D eigenvalue weighted by molar-refractivity contribution is 5.70. The molecule has 0 saturated carbocycles. The van der Waals surface area contributed by atoms with Crippen LogP contribution in [0.25, 0.3) is 0 Å². The van der Waals surface area contributed by atoms with Crippen molar-refractivity contribution in [3.05, 3.63) is 29.8 Å². The first-order valence-electron chi connectivity index (χ1n) is 8.90. The second-order valence-corrected chi connectivity index (χ2v) is 6.36. The highest BCUT2D eigenvalue weighted by Crippen LogP contribution is 2.21. The van der Waals surface area contributed by atoms with E-state index >= 15 is 0 Å². The highest BCUT2D eigenvalue weighted by atomic mass is 16.6. The van der Waals surface area contributed by atoms with E-state index in [1.54, 1.807) is 4.90 Å². The van der Waals surface area contributed by atoms with Crippen LogP contribution in [-0.4, -0.2) is 48.6 Å². The molecule has 1 aromatic rings. The number of carbonyl (C=O) groups is 1. The lowest BCUT2D eigenvalue weighted by Gasteiger charge is -2.32. The number of ether oxygens (including phenoxy) is 1. The third kappa shape index (κ3) is 5.24. The summed E-state index contributed by atoms with van der Waals surface area (Å²) >= 11 is 0. The van der Waals surface area contributed by atoms with E-state index in [9.17, 15) is 4.79 Å². The topological polar surface area (TPSA) is 32.8 Å². The van der Waals surface area contributed by atoms with Gasteiger partial charge < -0.3 is 14.5 Å². The van der Waals surface area contributed by atoms with Gasteiger partial charge in [-0.25, -0.2) is 4.79 Å². The molecule has 0 spiro atoms. The fourth-order valence-corrected chi connectivity index (χ4v) is 3.25. The molecule has 0 aliphatic carbocycles. The summed E-state index contributed by atoms with van der Waals surface area (Å²) in [5.41, 5.74) is 1.24. The van der Waals surface area contributed by atoms with E-state index in [0.717, 1.165) is 6.42 Å². The van der Waals surface area contributed by atoms with E-state index in [4.69, 9.17) is 4.74 Å². The van der Waals surface area contributed by atoms with Crippen LogP contribution in [0.4, 0.5) is 4.79 Å². The van der Waals surface area contributed by atoms with Gasteiger partial charge in [0.15, 0.2) is 0 Å². The van der Waals surface area contributed by atoms with E-state index in [1.807, 2.05) is 32.0 Å². The minimum absolute atomic E-state index is 0.265. The summed E-state index contributed by atoms with van der Waals surface area (Å²) in [7, 11) is 2.23. The van der Waals surface area contributed by atoms with E-state index in [1.165, 1.54) is 37.8 Å². The number of piperidine rings is 1. The minimum Gasteiger partial charge on any atom is -0.410 e. The average Bonchev–Trinajstić information content (AvgIpc) is 2.55. The number of likely N-dealkylation sites (tertiary alicyclic amines) is 1. The molecule has 0 bridgehead atoms. The van der Waals surface area contributed by atoms with Crippen LogP contribution in [0.15, 0.2) is 24.3 Å². The second kappa shape index (κ2) is 8.92. The average molecular weight is 318 g/mol. The molecule has 4 nitrogen and oxygen atoms in total. The van der Waals surface area contributed by atoms with Crippen LogP contribution >= 0.6 is 0 Å². The van der Waals surface area contributed by atoms with Crippen LogP contribution in [0.3, 0.4) is 0 Å². The molecule has 1 aliphatic rings. The molecule has 0 N–H and O–H groups in total. The van der Waals surface area contributed by atoms with Crippen molar-refractivity contribution in [2.45, 2.75) is 52.0 Å². The van der Waals surface area contributed by atoms with Crippen molar-refractivity contribution in [3.63, 3.8) is 0 Å². The van der Waals surface area contributed by atoms with Crippen molar-refractivity contribution in [1.82, 2.24) is 9.80 Å². The second-order valence-electron chi connectivity index (χ2n) is 6.36. The summed E-state index contributed by atoms with van der Waals surface area (Å²) in [5.74, 6) is 0.649. The predicted molar refractivity (Wildman–Crippen MR) is 94.0 cm³/mol. The Labute approximate surface area is 140 Å². The maximum Gasteiger partial charge on any atom is 0.415 e. The predicted octanol–water partition coefficient (Wildman–Crippen LogP) is 3.94. The van der Waals surface area contributed by atoms with E-state index in [2.05, 4.69) is 18.0 Å². The van der Waals surface area contributed by atoms with E-state index < -0.39 is 0 Å². The lowest BCUT2D eigenvalue weighted by atomic mass is 9.96. The first-order chi connectivity index (χ1) is 11.1. The van der Waals surface area contributed by atoms with Gasteiger partial charge >= 0.3 is 6.09 Å². The summed E-state index contributed by atoms with van der Waals surface area (Å²) in [6.07, 6.45) is 5.91. The Morgan fingerprint density at radius 1 is 1.30 bits per heavy atom. The molecule has 1 heterocycles. The van der Waals surface area contributed by atoms with Crippen LogP contribution < -0.4 is 4.74 Å². The maximum absolute atomic E-state index is 12.0. The smallest absolute Gasteiger partial charge is 0.410 e. The van der Waals surface area contributed by atoms with Gasteiger partial charge in [-0.1, -0.05) is 18.6 Å². The molecule has 1 saturated heterocycles. The molecule has 1 fully saturated rings. The van der Waals surface area contributed by atoms with Crippen LogP contribution in [0.5, 0.6) is 5.75 Å². The molecular weight excluding hydrogens is 288 g/mol. The molecule has 1 aliphatic heterocycles. The molecule has 1 aromatic carbocycles. The number of amides is 1. The van der Waals surface area contributed by atoms with Crippen molar-refractivity contribution >= 4 is 6.09 Å². The standard InChI is InChI=1S/C19H30N2O2/c1-4-21(5-2)19(22)23-18-11-8-9-16(15-18)12-13-17-10-6-7-14-20(17)3/h8-9,11,15,17H,4-7,10,12-14H2,1-3H3. The number of benzene rings is 1. The van der Waals surface area contributed by atoms with Gasteiger partial charge in [-0.05, 0) is 70.8 Å². The number of hydrogen-bond acceptors (Lipinski definition) is 3. The highest BCUT2D eigenvalue weighted by Gasteiger charge is 2.18. The van der Waals surface area contributed by atoms with Crippen LogP contribution in [-0.2, 0) is 6.42 Å². The van der Waals surface area contributed by atoms with Crippen molar-refractivity contribution < 1.29 is 9.53 Å². The summed E-state index contributed by atoms with van der Waals surface area (Å²) in [5, 5.41) is 0. The Bertz CT molecular complexity index is 500. The molecule has 1 amide bonds. The van der Waals surface area contributed by atoms with Gasteiger partial charge in [0.1, 0.15) is 5.75 Å². The molecule has 4 heteroatoms. The lowest BCUT2D eigenvalue weighted by molar-refractivity contribution is 0.157. The minimum atomic E-state index is -0.265. The van der Waals surface area contributed by atoms with Gasteiger partial charge in [0.25, 0.3) is 0 Å². The Morgan fingerprint density at radius 3 is 2.78 bits per heavy atom. The lowest BCUT2D eigenvalue weighted by Crippen LogP contribution is -2.36. The summed E-state index contributed by atoms with van der Waals surface area (Å²) in [6.45, 7) is 6.47. The van der Waals surface area contributed by atoms with Crippen molar-refractivity contribution in [2.24, 2.45) is 0 Å². The summed E-state index contributed by atoms with van der Waals surface area (Å²) in [4.78, 5) is 16.2. The van der Waals surface area contributed by atoms with E-state index in [0.29, 0.717) is 24.9 Å². The molecule has 1 atom stereocenters. The first kappa shape index (κ1) is 17.8. The molecule has 0 aromatic heterocycles. The molecule has 0 radical (unpaired) electrons. The van der Waals surface area contributed by atoms with Gasteiger partial charge in [0.05, 0.1) is 0 Å². The first-order valence-corrected chi connectivity index (χ1v) is 8.90. The zero-order chi connectivity index (χ0) is 16.7. The monoisotopic (exact) mass is 318 g/mol. The molecule has 128 valence electrons. The molecule has 2 rings (SSSR count). The number of aryl methyl sites for hydroxylation is 1. The fraction of sp³-hybridized carbons (Fsp3) is 0.632. The SMILES string of the molecule is CCN(CC)C(=O)Oc1cccc(CCC2CCCCN2C)c1. The van der Waals surface area contributed by atoms with Gasteiger partial charge in [-0.15, -0.1) is 0 Å². The van der Waals surface area contributed by atoms with Gasteiger partial charge in [-0.3, -0.25) is 0 Å². The fourth-order valence-electron chi connectivity index (χ4n) is 3.25.